The summed E-state index contributed by atoms with van der Waals surface area (Å²) in [6.45, 7) is 7.90. The van der Waals surface area contributed by atoms with Gasteiger partial charge in [-0.25, -0.2) is 0 Å². The van der Waals surface area contributed by atoms with Gasteiger partial charge in [0.15, 0.2) is 0 Å². The molecule has 1 aliphatic heterocycles. The zero-order chi connectivity index (χ0) is 15.4. The minimum Gasteiger partial charge on any atom is -0.385 e. The number of anilines is 1. The predicted octanol–water partition coefficient (Wildman–Crippen LogP) is 3.07. The smallest absolute Gasteiger partial charge is 0.253 e. The lowest BCUT2D eigenvalue weighted by molar-refractivity contribution is 0.0574. The molecule has 2 unspecified atom stereocenters. The molecule has 0 aromatic heterocycles. The minimum absolute atomic E-state index is 0.0718. The van der Waals surface area contributed by atoms with Crippen LogP contribution in [0.5, 0.6) is 0 Å². The van der Waals surface area contributed by atoms with E-state index >= 15 is 0 Å². The summed E-state index contributed by atoms with van der Waals surface area (Å²) in [6.07, 6.45) is 2.12. The fourth-order valence-electron chi connectivity index (χ4n) is 2.84. The number of carbonyl (C=O) groups is 1. The molecule has 0 aliphatic carbocycles. The molecular weight excluding hydrogens is 264 g/mol. The van der Waals surface area contributed by atoms with E-state index in [1.807, 2.05) is 44.0 Å². The van der Waals surface area contributed by atoms with Gasteiger partial charge in [0, 0.05) is 31.5 Å². The van der Waals surface area contributed by atoms with E-state index in [2.05, 4.69) is 12.2 Å². The normalized spacial score (nSPS) is 21.3. The van der Waals surface area contributed by atoms with Crippen LogP contribution in [-0.2, 0) is 4.74 Å². The Morgan fingerprint density at radius 2 is 2.24 bits per heavy atom. The lowest BCUT2D eigenvalue weighted by atomic mass is 10.1. The summed E-state index contributed by atoms with van der Waals surface area (Å²) in [5.41, 5.74) is 2.96. The number of likely N-dealkylation sites (N-methyl/N-ethyl adjacent to an activating group) is 1. The van der Waals surface area contributed by atoms with Crippen molar-refractivity contribution in [3.05, 3.63) is 29.3 Å². The van der Waals surface area contributed by atoms with Crippen LogP contribution in [0.1, 0.15) is 42.6 Å². The highest BCUT2D eigenvalue weighted by Crippen LogP contribution is 2.22. The van der Waals surface area contributed by atoms with Crippen LogP contribution in [0.2, 0.25) is 0 Å². The van der Waals surface area contributed by atoms with E-state index in [0.717, 1.165) is 42.8 Å². The fraction of sp³-hybridized carbons (Fsp3) is 0.588. The standard InChI is InChI=1S/C17H26N2O2/c1-5-9-18-15-7-6-14(11-12(15)2)17(20)19(4)16-8-10-21-13(16)3/h6-7,11,13,16,18H,5,8-10H2,1-4H3. The van der Waals surface area contributed by atoms with E-state index in [-0.39, 0.29) is 18.1 Å². The average molecular weight is 290 g/mol. The highest BCUT2D eigenvalue weighted by atomic mass is 16.5. The number of carbonyl (C=O) groups excluding carboxylic acids is 1. The van der Waals surface area contributed by atoms with E-state index in [9.17, 15) is 4.79 Å². The molecule has 0 spiro atoms. The molecule has 1 saturated heterocycles. The maximum atomic E-state index is 12.6. The van der Waals surface area contributed by atoms with Gasteiger partial charge in [-0.2, -0.15) is 0 Å². The number of ether oxygens (including phenoxy) is 1. The lowest BCUT2D eigenvalue weighted by Gasteiger charge is -2.27. The molecule has 116 valence electrons. The van der Waals surface area contributed by atoms with Crippen LogP contribution in [0.25, 0.3) is 0 Å². The van der Waals surface area contributed by atoms with Gasteiger partial charge < -0.3 is 15.0 Å². The van der Waals surface area contributed by atoms with E-state index < -0.39 is 0 Å². The first-order chi connectivity index (χ1) is 10.0. The lowest BCUT2D eigenvalue weighted by Crippen LogP contribution is -2.41. The second kappa shape index (κ2) is 6.94. The second-order valence-corrected chi connectivity index (χ2v) is 5.80. The van der Waals surface area contributed by atoms with Gasteiger partial charge in [0.1, 0.15) is 0 Å². The first-order valence-electron chi connectivity index (χ1n) is 7.78. The number of hydrogen-bond acceptors (Lipinski definition) is 3. The highest BCUT2D eigenvalue weighted by molar-refractivity contribution is 5.95. The third-order valence-electron chi connectivity index (χ3n) is 4.19. The summed E-state index contributed by atoms with van der Waals surface area (Å²) >= 11 is 0. The third-order valence-corrected chi connectivity index (χ3v) is 4.19. The van der Waals surface area contributed by atoms with E-state index in [1.54, 1.807) is 0 Å². The van der Waals surface area contributed by atoms with E-state index in [4.69, 9.17) is 4.74 Å². The maximum Gasteiger partial charge on any atom is 0.253 e. The van der Waals surface area contributed by atoms with Crippen molar-refractivity contribution >= 4 is 11.6 Å². The van der Waals surface area contributed by atoms with Crippen LogP contribution in [0.3, 0.4) is 0 Å². The zero-order valence-corrected chi connectivity index (χ0v) is 13.5. The Morgan fingerprint density at radius 3 is 2.81 bits per heavy atom. The molecule has 0 bridgehead atoms. The molecule has 4 heteroatoms. The number of aryl methyl sites for hydroxylation is 1. The molecule has 1 aromatic carbocycles. The van der Waals surface area contributed by atoms with Gasteiger partial charge in [-0.15, -0.1) is 0 Å². The monoisotopic (exact) mass is 290 g/mol. The van der Waals surface area contributed by atoms with Gasteiger partial charge in [0.25, 0.3) is 5.91 Å². The third kappa shape index (κ3) is 3.56. The molecule has 1 N–H and O–H groups in total. The van der Waals surface area contributed by atoms with Crippen LogP contribution in [-0.4, -0.2) is 43.2 Å². The molecule has 4 nitrogen and oxygen atoms in total. The van der Waals surface area contributed by atoms with Crippen LogP contribution < -0.4 is 5.32 Å². The van der Waals surface area contributed by atoms with Crippen molar-refractivity contribution in [2.24, 2.45) is 0 Å². The molecule has 21 heavy (non-hydrogen) atoms. The average Bonchev–Trinajstić information content (AvgIpc) is 2.90. The summed E-state index contributed by atoms with van der Waals surface area (Å²) in [6, 6.07) is 6.05. The maximum absolute atomic E-state index is 12.6. The summed E-state index contributed by atoms with van der Waals surface area (Å²) in [7, 11) is 1.87. The highest BCUT2D eigenvalue weighted by Gasteiger charge is 2.31. The van der Waals surface area contributed by atoms with Crippen molar-refractivity contribution in [1.82, 2.24) is 4.90 Å². The SMILES string of the molecule is CCCNc1ccc(C(=O)N(C)C2CCOC2C)cc1C. The first-order valence-corrected chi connectivity index (χ1v) is 7.78. The van der Waals surface area contributed by atoms with Crippen molar-refractivity contribution in [3.63, 3.8) is 0 Å². The second-order valence-electron chi connectivity index (χ2n) is 5.80. The van der Waals surface area contributed by atoms with Gasteiger partial charge in [0.05, 0.1) is 12.1 Å². The molecule has 1 aliphatic rings. The number of nitrogens with one attached hydrogen (secondary N) is 1. The Hall–Kier alpha value is -1.55. The van der Waals surface area contributed by atoms with Gasteiger partial charge >= 0.3 is 0 Å². The van der Waals surface area contributed by atoms with Crippen molar-refractivity contribution in [2.45, 2.75) is 45.8 Å². The largest absolute Gasteiger partial charge is 0.385 e. The molecular formula is C17H26N2O2. The molecule has 1 aromatic rings. The van der Waals surface area contributed by atoms with Gasteiger partial charge in [0.2, 0.25) is 0 Å². The van der Waals surface area contributed by atoms with Crippen LogP contribution in [0.15, 0.2) is 18.2 Å². The predicted molar refractivity (Wildman–Crippen MR) is 85.9 cm³/mol. The molecule has 1 amide bonds. The zero-order valence-electron chi connectivity index (χ0n) is 13.5. The Balaban J connectivity index is 2.10. The molecule has 1 fully saturated rings. The Labute approximate surface area is 127 Å². The van der Waals surface area contributed by atoms with E-state index in [1.165, 1.54) is 0 Å². The molecule has 1 heterocycles. The number of rotatable bonds is 5. The Kier molecular flexibility index (Phi) is 5.23. The number of benzene rings is 1. The Morgan fingerprint density at radius 1 is 1.48 bits per heavy atom. The van der Waals surface area contributed by atoms with Crippen molar-refractivity contribution in [3.8, 4) is 0 Å². The minimum atomic E-state index is 0.0718. The molecule has 0 radical (unpaired) electrons. The topological polar surface area (TPSA) is 41.6 Å². The quantitative estimate of drug-likeness (QED) is 0.906. The Bertz CT molecular complexity index is 502. The van der Waals surface area contributed by atoms with Crippen LogP contribution in [0, 0.1) is 6.92 Å². The number of nitrogens with zero attached hydrogens (tertiary/aromatic N) is 1. The van der Waals surface area contributed by atoms with Crippen molar-refractivity contribution < 1.29 is 9.53 Å². The summed E-state index contributed by atoms with van der Waals surface area (Å²) < 4.78 is 5.56. The summed E-state index contributed by atoms with van der Waals surface area (Å²) in [4.78, 5) is 14.4. The molecule has 2 rings (SSSR count). The van der Waals surface area contributed by atoms with Crippen molar-refractivity contribution in [1.29, 1.82) is 0 Å². The van der Waals surface area contributed by atoms with Gasteiger partial charge in [-0.1, -0.05) is 6.92 Å². The number of hydrogen-bond donors (Lipinski definition) is 1. The van der Waals surface area contributed by atoms with Crippen molar-refractivity contribution in [2.75, 3.05) is 25.5 Å². The van der Waals surface area contributed by atoms with Crippen LogP contribution >= 0.6 is 0 Å². The fourth-order valence-corrected chi connectivity index (χ4v) is 2.84. The van der Waals surface area contributed by atoms with E-state index in [0.29, 0.717) is 0 Å². The summed E-state index contributed by atoms with van der Waals surface area (Å²) in [5.74, 6) is 0.0718. The summed E-state index contributed by atoms with van der Waals surface area (Å²) in [5, 5.41) is 3.38. The first kappa shape index (κ1) is 15.8. The molecule has 0 saturated carbocycles. The van der Waals surface area contributed by atoms with Gasteiger partial charge in [-0.05, 0) is 50.5 Å². The molecule has 2 atom stereocenters. The number of amides is 1. The van der Waals surface area contributed by atoms with Crippen LogP contribution in [0.4, 0.5) is 5.69 Å². The van der Waals surface area contributed by atoms with Gasteiger partial charge in [-0.3, -0.25) is 4.79 Å².